The summed E-state index contributed by atoms with van der Waals surface area (Å²) in [6, 6.07) is 7.92. The van der Waals surface area contributed by atoms with E-state index in [1.165, 1.54) is 12.0 Å². The van der Waals surface area contributed by atoms with Crippen molar-refractivity contribution in [3.05, 3.63) is 41.7 Å². The largest absolute Gasteiger partial charge is 0.342 e. The quantitative estimate of drug-likeness (QED) is 0.801. The molecule has 4 rings (SSSR count). The zero-order valence-corrected chi connectivity index (χ0v) is 17.3. The number of carbonyl (C=O) groups excluding carboxylic acids is 2. The number of rotatable bonds is 3. The molecule has 0 N–H and O–H groups in total. The molecule has 1 aromatic heterocycles. The topological polar surface area (TPSA) is 71.3 Å². The number of amides is 2. The Bertz CT molecular complexity index is 868. The number of likely N-dealkylation sites (tertiary alicyclic amines) is 2. The second-order valence-electron chi connectivity index (χ2n) is 8.48. The van der Waals surface area contributed by atoms with Crippen LogP contribution in [0.1, 0.15) is 48.7 Å². The van der Waals surface area contributed by atoms with Gasteiger partial charge in [-0.1, -0.05) is 29.8 Å². The Balaban J connectivity index is 1.34. The summed E-state index contributed by atoms with van der Waals surface area (Å²) in [5.41, 5.74) is 2.39. The van der Waals surface area contributed by atoms with Gasteiger partial charge in [-0.15, -0.1) is 5.10 Å². The molecule has 7 nitrogen and oxygen atoms in total. The molecule has 2 amide bonds. The van der Waals surface area contributed by atoms with Crippen LogP contribution in [0.4, 0.5) is 0 Å². The van der Waals surface area contributed by atoms with Crippen LogP contribution < -0.4 is 0 Å². The first-order valence-corrected chi connectivity index (χ1v) is 10.6. The number of aromatic nitrogens is 3. The Kier molecular flexibility index (Phi) is 5.65. The molecule has 7 heteroatoms. The second-order valence-corrected chi connectivity index (χ2v) is 8.48. The van der Waals surface area contributed by atoms with E-state index in [4.69, 9.17) is 0 Å². The SMILES string of the molecule is Cc1ccc(-n2cc(C(=O)N3CCC(C(=O)N4CCCC(C)C4)CC3)nn2)cc1. The molecule has 2 aliphatic heterocycles. The lowest BCUT2D eigenvalue weighted by Gasteiger charge is -2.37. The smallest absolute Gasteiger partial charge is 0.276 e. The molecule has 3 heterocycles. The number of hydrogen-bond acceptors (Lipinski definition) is 4. The van der Waals surface area contributed by atoms with Crippen molar-refractivity contribution in [3.8, 4) is 5.69 Å². The first-order chi connectivity index (χ1) is 14.0. The second kappa shape index (κ2) is 8.35. The highest BCUT2D eigenvalue weighted by molar-refractivity contribution is 5.92. The molecule has 0 saturated carbocycles. The monoisotopic (exact) mass is 395 g/mol. The number of carbonyl (C=O) groups is 2. The highest BCUT2D eigenvalue weighted by Crippen LogP contribution is 2.24. The van der Waals surface area contributed by atoms with E-state index in [9.17, 15) is 9.59 Å². The number of piperidine rings is 2. The van der Waals surface area contributed by atoms with Crippen molar-refractivity contribution in [2.24, 2.45) is 11.8 Å². The molecule has 2 saturated heterocycles. The van der Waals surface area contributed by atoms with E-state index < -0.39 is 0 Å². The lowest BCUT2D eigenvalue weighted by atomic mass is 9.92. The van der Waals surface area contributed by atoms with Gasteiger partial charge in [-0.25, -0.2) is 4.68 Å². The van der Waals surface area contributed by atoms with Gasteiger partial charge in [0.05, 0.1) is 11.9 Å². The van der Waals surface area contributed by atoms with Crippen LogP contribution in [0.3, 0.4) is 0 Å². The van der Waals surface area contributed by atoms with Crippen LogP contribution in [-0.4, -0.2) is 62.8 Å². The van der Waals surface area contributed by atoms with E-state index in [0.717, 1.165) is 38.0 Å². The zero-order chi connectivity index (χ0) is 20.4. The van der Waals surface area contributed by atoms with Crippen molar-refractivity contribution < 1.29 is 9.59 Å². The van der Waals surface area contributed by atoms with Crippen molar-refractivity contribution in [1.82, 2.24) is 24.8 Å². The third kappa shape index (κ3) is 4.33. The summed E-state index contributed by atoms with van der Waals surface area (Å²) >= 11 is 0. The van der Waals surface area contributed by atoms with E-state index >= 15 is 0 Å². The average Bonchev–Trinajstić information content (AvgIpc) is 3.23. The van der Waals surface area contributed by atoms with Gasteiger partial charge in [-0.3, -0.25) is 9.59 Å². The summed E-state index contributed by atoms with van der Waals surface area (Å²) < 4.78 is 1.63. The van der Waals surface area contributed by atoms with E-state index in [1.807, 2.05) is 36.1 Å². The van der Waals surface area contributed by atoms with Gasteiger partial charge in [0.1, 0.15) is 0 Å². The molecule has 0 bridgehead atoms. The molecule has 29 heavy (non-hydrogen) atoms. The predicted octanol–water partition coefficient (Wildman–Crippen LogP) is 2.69. The van der Waals surface area contributed by atoms with Crippen molar-refractivity contribution in [2.75, 3.05) is 26.2 Å². The summed E-state index contributed by atoms with van der Waals surface area (Å²) in [4.78, 5) is 29.5. The fourth-order valence-electron chi connectivity index (χ4n) is 4.32. The first-order valence-electron chi connectivity index (χ1n) is 10.6. The molecule has 0 aliphatic carbocycles. The van der Waals surface area contributed by atoms with Crippen LogP contribution in [0.5, 0.6) is 0 Å². The molecule has 2 fully saturated rings. The predicted molar refractivity (Wildman–Crippen MR) is 110 cm³/mol. The van der Waals surface area contributed by atoms with Gasteiger partial charge in [0, 0.05) is 32.1 Å². The van der Waals surface area contributed by atoms with Crippen LogP contribution in [-0.2, 0) is 4.79 Å². The van der Waals surface area contributed by atoms with Gasteiger partial charge >= 0.3 is 0 Å². The molecule has 1 unspecified atom stereocenters. The molecular formula is C22H29N5O2. The summed E-state index contributed by atoms with van der Waals surface area (Å²) in [6.07, 6.45) is 5.43. The van der Waals surface area contributed by atoms with Crippen LogP contribution in [0.25, 0.3) is 5.69 Å². The molecule has 1 atom stereocenters. The van der Waals surface area contributed by atoms with Gasteiger partial charge in [-0.2, -0.15) is 0 Å². The molecule has 1 aromatic carbocycles. The Labute approximate surface area is 171 Å². The van der Waals surface area contributed by atoms with Gasteiger partial charge in [-0.05, 0) is 50.7 Å². The minimum absolute atomic E-state index is 0.0348. The molecule has 0 spiro atoms. The summed E-state index contributed by atoms with van der Waals surface area (Å²) in [5, 5.41) is 8.17. The fourth-order valence-corrected chi connectivity index (χ4v) is 4.32. The van der Waals surface area contributed by atoms with Crippen molar-refractivity contribution in [1.29, 1.82) is 0 Å². The van der Waals surface area contributed by atoms with Gasteiger partial charge in [0.15, 0.2) is 5.69 Å². The Morgan fingerprint density at radius 1 is 1.00 bits per heavy atom. The molecule has 2 aliphatic rings. The highest BCUT2D eigenvalue weighted by Gasteiger charge is 2.32. The van der Waals surface area contributed by atoms with E-state index in [2.05, 4.69) is 17.2 Å². The third-order valence-corrected chi connectivity index (χ3v) is 6.11. The van der Waals surface area contributed by atoms with Crippen LogP contribution >= 0.6 is 0 Å². The standard InChI is InChI=1S/C22H29N5O2/c1-16-5-7-19(8-6-16)27-15-20(23-24-27)22(29)25-12-9-18(10-13-25)21(28)26-11-3-4-17(2)14-26/h5-8,15,17-18H,3-4,9-14H2,1-2H3. The third-order valence-electron chi connectivity index (χ3n) is 6.11. The molecule has 0 radical (unpaired) electrons. The number of aryl methyl sites for hydroxylation is 1. The minimum atomic E-state index is -0.110. The van der Waals surface area contributed by atoms with Gasteiger partial charge < -0.3 is 9.80 Å². The molecular weight excluding hydrogens is 366 g/mol. The van der Waals surface area contributed by atoms with Crippen LogP contribution in [0, 0.1) is 18.8 Å². The zero-order valence-electron chi connectivity index (χ0n) is 17.3. The lowest BCUT2D eigenvalue weighted by molar-refractivity contribution is -0.138. The van der Waals surface area contributed by atoms with Crippen molar-refractivity contribution >= 4 is 11.8 Å². The number of hydrogen-bond donors (Lipinski definition) is 0. The minimum Gasteiger partial charge on any atom is -0.342 e. The maximum Gasteiger partial charge on any atom is 0.276 e. The number of benzene rings is 1. The van der Waals surface area contributed by atoms with E-state index in [0.29, 0.717) is 24.7 Å². The van der Waals surface area contributed by atoms with E-state index in [-0.39, 0.29) is 17.7 Å². The van der Waals surface area contributed by atoms with Crippen molar-refractivity contribution in [3.63, 3.8) is 0 Å². The molecule has 154 valence electrons. The van der Waals surface area contributed by atoms with Gasteiger partial charge in [0.25, 0.3) is 5.91 Å². The Hall–Kier alpha value is -2.70. The van der Waals surface area contributed by atoms with E-state index in [1.54, 1.807) is 15.8 Å². The summed E-state index contributed by atoms with van der Waals surface area (Å²) in [5.74, 6) is 0.785. The Morgan fingerprint density at radius 3 is 2.41 bits per heavy atom. The van der Waals surface area contributed by atoms with Crippen LogP contribution in [0.15, 0.2) is 30.5 Å². The first kappa shape index (κ1) is 19.6. The number of nitrogens with zero attached hydrogens (tertiary/aromatic N) is 5. The fraction of sp³-hybridized carbons (Fsp3) is 0.545. The van der Waals surface area contributed by atoms with Crippen molar-refractivity contribution in [2.45, 2.75) is 39.5 Å². The van der Waals surface area contributed by atoms with Crippen LogP contribution in [0.2, 0.25) is 0 Å². The highest BCUT2D eigenvalue weighted by atomic mass is 16.2. The average molecular weight is 396 g/mol. The maximum atomic E-state index is 12.8. The summed E-state index contributed by atoms with van der Waals surface area (Å²) in [7, 11) is 0. The molecule has 2 aromatic rings. The Morgan fingerprint density at radius 2 is 1.72 bits per heavy atom. The maximum absolute atomic E-state index is 12.8. The normalized spacial score (nSPS) is 20.7. The lowest BCUT2D eigenvalue weighted by Crippen LogP contribution is -2.47. The van der Waals surface area contributed by atoms with Gasteiger partial charge in [0.2, 0.25) is 5.91 Å². The summed E-state index contributed by atoms with van der Waals surface area (Å²) in [6.45, 7) is 7.18.